The van der Waals surface area contributed by atoms with Crippen molar-refractivity contribution in [2.75, 3.05) is 45.2 Å². The minimum Gasteiger partial charge on any atom is -0.372 e. The number of guanidine groups is 1. The fourth-order valence-corrected chi connectivity index (χ4v) is 6.04. The first kappa shape index (κ1) is 22.2. The standard InChI is InChI=1S/C25H37N5S/c1-19(20-9-6-11-22(17-20)30-14-4-5-15-30)28-25(26-2)27-18-21-10-7-13-29(3)24(21)23-12-8-16-31-23/h6,8-9,11-12,16-17,19,21,24H,4-5,7,10,13-15,18H2,1-3H3,(H2,26,27,28). The summed E-state index contributed by atoms with van der Waals surface area (Å²) in [7, 11) is 4.13. The third kappa shape index (κ3) is 5.42. The van der Waals surface area contributed by atoms with E-state index in [1.807, 2.05) is 18.4 Å². The Morgan fingerprint density at radius 3 is 2.74 bits per heavy atom. The number of benzene rings is 1. The molecule has 0 bridgehead atoms. The summed E-state index contributed by atoms with van der Waals surface area (Å²) in [5.41, 5.74) is 2.65. The van der Waals surface area contributed by atoms with Gasteiger partial charge in [0, 0.05) is 43.3 Å². The topological polar surface area (TPSA) is 42.9 Å². The van der Waals surface area contributed by atoms with E-state index in [1.165, 1.54) is 61.4 Å². The molecule has 0 aliphatic carbocycles. The summed E-state index contributed by atoms with van der Waals surface area (Å²) in [6, 6.07) is 14.1. The van der Waals surface area contributed by atoms with E-state index in [2.05, 4.69) is 81.2 Å². The van der Waals surface area contributed by atoms with E-state index < -0.39 is 0 Å². The van der Waals surface area contributed by atoms with Gasteiger partial charge in [0.2, 0.25) is 0 Å². The highest BCUT2D eigenvalue weighted by Crippen LogP contribution is 2.36. The molecule has 2 aliphatic rings. The normalized spacial score (nSPS) is 23.7. The van der Waals surface area contributed by atoms with Gasteiger partial charge < -0.3 is 15.5 Å². The molecule has 3 unspecified atom stereocenters. The maximum absolute atomic E-state index is 4.52. The lowest BCUT2D eigenvalue weighted by Gasteiger charge is -2.39. The molecule has 168 valence electrons. The molecule has 0 spiro atoms. The third-order valence-electron chi connectivity index (χ3n) is 6.79. The molecule has 0 radical (unpaired) electrons. The van der Waals surface area contributed by atoms with Crippen molar-refractivity contribution < 1.29 is 0 Å². The lowest BCUT2D eigenvalue weighted by atomic mass is 9.88. The van der Waals surface area contributed by atoms with Crippen molar-refractivity contribution in [1.82, 2.24) is 15.5 Å². The zero-order chi connectivity index (χ0) is 21.6. The van der Waals surface area contributed by atoms with Crippen molar-refractivity contribution in [3.63, 3.8) is 0 Å². The first-order valence-corrected chi connectivity index (χ1v) is 12.6. The van der Waals surface area contributed by atoms with Crippen LogP contribution in [-0.4, -0.2) is 51.1 Å². The number of piperidine rings is 1. The molecule has 2 aromatic rings. The molecule has 31 heavy (non-hydrogen) atoms. The van der Waals surface area contributed by atoms with E-state index >= 15 is 0 Å². The van der Waals surface area contributed by atoms with Gasteiger partial charge >= 0.3 is 0 Å². The smallest absolute Gasteiger partial charge is 0.191 e. The van der Waals surface area contributed by atoms with Gasteiger partial charge in [-0.05, 0) is 81.3 Å². The quantitative estimate of drug-likeness (QED) is 0.508. The first-order chi connectivity index (χ1) is 15.2. The van der Waals surface area contributed by atoms with Gasteiger partial charge in [0.1, 0.15) is 0 Å². The van der Waals surface area contributed by atoms with E-state index in [-0.39, 0.29) is 6.04 Å². The SMILES string of the molecule is CN=C(NCC1CCCN(C)C1c1cccs1)NC(C)c1cccc(N2CCCC2)c1. The molecule has 3 atom stereocenters. The summed E-state index contributed by atoms with van der Waals surface area (Å²) >= 11 is 1.88. The fourth-order valence-electron chi connectivity index (χ4n) is 5.06. The van der Waals surface area contributed by atoms with Gasteiger partial charge in [-0.1, -0.05) is 18.2 Å². The van der Waals surface area contributed by atoms with Gasteiger partial charge in [-0.15, -0.1) is 11.3 Å². The molecule has 2 saturated heterocycles. The number of thiophene rings is 1. The Morgan fingerprint density at radius 2 is 2.00 bits per heavy atom. The third-order valence-corrected chi connectivity index (χ3v) is 7.73. The van der Waals surface area contributed by atoms with E-state index in [0.717, 1.165) is 12.5 Å². The molecule has 0 amide bonds. The van der Waals surface area contributed by atoms with Crippen LogP contribution in [0.3, 0.4) is 0 Å². The molecule has 2 N–H and O–H groups in total. The van der Waals surface area contributed by atoms with E-state index in [1.54, 1.807) is 0 Å². The molecule has 0 saturated carbocycles. The second-order valence-electron chi connectivity index (χ2n) is 8.95. The summed E-state index contributed by atoms with van der Waals surface area (Å²) in [6.07, 6.45) is 5.12. The molecule has 5 nitrogen and oxygen atoms in total. The van der Waals surface area contributed by atoms with Crippen molar-refractivity contribution >= 4 is 23.0 Å². The molecule has 2 fully saturated rings. The molecule has 1 aromatic carbocycles. The Morgan fingerprint density at radius 1 is 1.16 bits per heavy atom. The van der Waals surface area contributed by atoms with Crippen LogP contribution in [0.1, 0.15) is 55.1 Å². The van der Waals surface area contributed by atoms with Crippen LogP contribution in [0.5, 0.6) is 0 Å². The van der Waals surface area contributed by atoms with Crippen LogP contribution in [0.4, 0.5) is 5.69 Å². The Balaban J connectivity index is 1.36. The number of likely N-dealkylation sites (tertiary alicyclic amines) is 1. The van der Waals surface area contributed by atoms with Crippen molar-refractivity contribution in [3.8, 4) is 0 Å². The summed E-state index contributed by atoms with van der Waals surface area (Å²) < 4.78 is 0. The van der Waals surface area contributed by atoms with Gasteiger partial charge in [0.05, 0.1) is 6.04 Å². The van der Waals surface area contributed by atoms with Crippen LogP contribution in [-0.2, 0) is 0 Å². The maximum atomic E-state index is 4.52. The van der Waals surface area contributed by atoms with Gasteiger partial charge in [-0.25, -0.2) is 0 Å². The van der Waals surface area contributed by atoms with Crippen LogP contribution in [0, 0.1) is 5.92 Å². The zero-order valence-corrected chi connectivity index (χ0v) is 20.0. The average Bonchev–Trinajstić information content (AvgIpc) is 3.51. The van der Waals surface area contributed by atoms with Crippen LogP contribution < -0.4 is 15.5 Å². The maximum Gasteiger partial charge on any atom is 0.191 e. The monoisotopic (exact) mass is 439 g/mol. The number of anilines is 1. The zero-order valence-electron chi connectivity index (χ0n) is 19.2. The van der Waals surface area contributed by atoms with Crippen molar-refractivity contribution in [2.24, 2.45) is 10.9 Å². The summed E-state index contributed by atoms with van der Waals surface area (Å²) in [5, 5.41) is 9.43. The average molecular weight is 440 g/mol. The Labute approximate surface area is 191 Å². The van der Waals surface area contributed by atoms with Crippen molar-refractivity contribution in [1.29, 1.82) is 0 Å². The number of nitrogens with one attached hydrogen (secondary N) is 2. The Hall–Kier alpha value is -2.05. The largest absolute Gasteiger partial charge is 0.372 e. The molecule has 6 heteroatoms. The lowest BCUT2D eigenvalue weighted by Crippen LogP contribution is -2.45. The fraction of sp³-hybridized carbons (Fsp3) is 0.560. The molecular formula is C25H37N5S. The van der Waals surface area contributed by atoms with E-state index in [9.17, 15) is 0 Å². The van der Waals surface area contributed by atoms with Gasteiger partial charge in [0.15, 0.2) is 5.96 Å². The van der Waals surface area contributed by atoms with Crippen molar-refractivity contribution in [3.05, 3.63) is 52.2 Å². The highest BCUT2D eigenvalue weighted by molar-refractivity contribution is 7.10. The van der Waals surface area contributed by atoms with E-state index in [0.29, 0.717) is 12.0 Å². The predicted molar refractivity (Wildman–Crippen MR) is 133 cm³/mol. The summed E-state index contributed by atoms with van der Waals surface area (Å²) in [5.74, 6) is 1.47. The number of hydrogen-bond donors (Lipinski definition) is 2. The summed E-state index contributed by atoms with van der Waals surface area (Å²) in [4.78, 5) is 11.0. The van der Waals surface area contributed by atoms with Crippen LogP contribution in [0.25, 0.3) is 0 Å². The minimum atomic E-state index is 0.205. The second kappa shape index (κ2) is 10.5. The highest BCUT2D eigenvalue weighted by atomic mass is 32.1. The molecule has 4 rings (SSSR count). The molecule has 2 aliphatic heterocycles. The Kier molecular flexibility index (Phi) is 7.51. The minimum absolute atomic E-state index is 0.205. The van der Waals surface area contributed by atoms with Gasteiger partial charge in [0.25, 0.3) is 0 Å². The molecule has 1 aromatic heterocycles. The van der Waals surface area contributed by atoms with Gasteiger partial charge in [-0.3, -0.25) is 9.89 Å². The van der Waals surface area contributed by atoms with E-state index in [4.69, 9.17) is 0 Å². The lowest BCUT2D eigenvalue weighted by molar-refractivity contribution is 0.125. The van der Waals surface area contributed by atoms with Crippen LogP contribution >= 0.6 is 11.3 Å². The van der Waals surface area contributed by atoms with Crippen molar-refractivity contribution in [2.45, 2.75) is 44.7 Å². The number of hydrogen-bond acceptors (Lipinski definition) is 4. The highest BCUT2D eigenvalue weighted by Gasteiger charge is 2.31. The molecular weight excluding hydrogens is 402 g/mol. The number of rotatable bonds is 6. The predicted octanol–water partition coefficient (Wildman–Crippen LogP) is 4.66. The Bertz CT molecular complexity index is 843. The molecule has 3 heterocycles. The summed E-state index contributed by atoms with van der Waals surface area (Å²) in [6.45, 7) is 6.69. The van der Waals surface area contributed by atoms with Gasteiger partial charge in [-0.2, -0.15) is 0 Å². The number of nitrogens with zero attached hydrogens (tertiary/aromatic N) is 3. The van der Waals surface area contributed by atoms with Crippen LogP contribution in [0.2, 0.25) is 0 Å². The second-order valence-corrected chi connectivity index (χ2v) is 9.93. The van der Waals surface area contributed by atoms with Crippen LogP contribution in [0.15, 0.2) is 46.8 Å². The first-order valence-electron chi connectivity index (χ1n) is 11.7. The number of aliphatic imine (C=N–C) groups is 1.